The van der Waals surface area contributed by atoms with E-state index in [1.807, 2.05) is 13.8 Å². The van der Waals surface area contributed by atoms with E-state index in [1.165, 1.54) is 0 Å². The van der Waals surface area contributed by atoms with Crippen molar-refractivity contribution >= 4 is 11.6 Å². The molecule has 0 saturated carbocycles. The van der Waals surface area contributed by atoms with E-state index < -0.39 is 0 Å². The van der Waals surface area contributed by atoms with Gasteiger partial charge < -0.3 is 14.6 Å². The van der Waals surface area contributed by atoms with Gasteiger partial charge in [-0.3, -0.25) is 9.78 Å². The van der Waals surface area contributed by atoms with Crippen molar-refractivity contribution in [2.24, 2.45) is 0 Å². The number of carbonyl (C=O) groups is 1. The molecular formula is C18H17N3O3. The molecule has 0 saturated heterocycles. The van der Waals surface area contributed by atoms with Gasteiger partial charge in [0.05, 0.1) is 11.3 Å². The van der Waals surface area contributed by atoms with Crippen LogP contribution in [0.25, 0.3) is 0 Å². The summed E-state index contributed by atoms with van der Waals surface area (Å²) < 4.78 is 10.9. The minimum absolute atomic E-state index is 0.205. The molecule has 122 valence electrons. The van der Waals surface area contributed by atoms with E-state index in [4.69, 9.17) is 9.26 Å². The zero-order valence-electron chi connectivity index (χ0n) is 13.4. The number of anilines is 1. The van der Waals surface area contributed by atoms with Gasteiger partial charge in [0.2, 0.25) is 0 Å². The number of ether oxygens (including phenoxy) is 1. The van der Waals surface area contributed by atoms with Gasteiger partial charge in [0, 0.05) is 23.6 Å². The van der Waals surface area contributed by atoms with Crippen LogP contribution in [0.4, 0.5) is 5.69 Å². The number of nitrogens with zero attached hydrogens (tertiary/aromatic N) is 2. The van der Waals surface area contributed by atoms with Crippen molar-refractivity contribution in [3.8, 4) is 5.75 Å². The van der Waals surface area contributed by atoms with Crippen LogP contribution in [0.15, 0.2) is 53.3 Å². The molecule has 0 unspecified atom stereocenters. The topological polar surface area (TPSA) is 77.2 Å². The number of benzene rings is 1. The quantitative estimate of drug-likeness (QED) is 0.777. The number of aromatic nitrogens is 2. The van der Waals surface area contributed by atoms with E-state index in [1.54, 1.807) is 48.8 Å². The highest BCUT2D eigenvalue weighted by Gasteiger charge is 2.11. The fourth-order valence-corrected chi connectivity index (χ4v) is 2.23. The summed E-state index contributed by atoms with van der Waals surface area (Å²) in [6.45, 7) is 4.06. The third kappa shape index (κ3) is 3.60. The second-order valence-corrected chi connectivity index (χ2v) is 5.31. The number of hydrogen-bond donors (Lipinski definition) is 1. The molecule has 6 nitrogen and oxygen atoms in total. The van der Waals surface area contributed by atoms with E-state index in [9.17, 15) is 4.79 Å². The summed E-state index contributed by atoms with van der Waals surface area (Å²) in [7, 11) is 0. The molecule has 0 fully saturated rings. The monoisotopic (exact) mass is 323 g/mol. The Bertz CT molecular complexity index is 824. The largest absolute Gasteiger partial charge is 0.489 e. The first-order valence-corrected chi connectivity index (χ1v) is 7.49. The third-order valence-corrected chi connectivity index (χ3v) is 3.60. The van der Waals surface area contributed by atoms with Crippen LogP contribution < -0.4 is 10.1 Å². The van der Waals surface area contributed by atoms with Crippen molar-refractivity contribution in [1.82, 2.24) is 10.1 Å². The summed E-state index contributed by atoms with van der Waals surface area (Å²) >= 11 is 0. The fraction of sp³-hybridized carbons (Fsp3) is 0.167. The Morgan fingerprint density at radius 2 is 2.00 bits per heavy atom. The molecule has 0 aliphatic heterocycles. The molecule has 3 aromatic rings. The molecule has 0 aliphatic carbocycles. The van der Waals surface area contributed by atoms with Crippen LogP contribution in [-0.2, 0) is 6.61 Å². The zero-order valence-corrected chi connectivity index (χ0v) is 13.4. The molecule has 2 aromatic heterocycles. The van der Waals surface area contributed by atoms with Crippen molar-refractivity contribution in [1.29, 1.82) is 0 Å². The zero-order chi connectivity index (χ0) is 16.9. The highest BCUT2D eigenvalue weighted by molar-refractivity contribution is 6.04. The number of aryl methyl sites for hydroxylation is 2. The first kappa shape index (κ1) is 15.7. The number of pyridine rings is 1. The van der Waals surface area contributed by atoms with Crippen LogP contribution in [-0.4, -0.2) is 16.0 Å². The van der Waals surface area contributed by atoms with Gasteiger partial charge in [-0.2, -0.15) is 0 Å². The summed E-state index contributed by atoms with van der Waals surface area (Å²) in [5, 5.41) is 6.71. The predicted octanol–water partition coefficient (Wildman–Crippen LogP) is 3.52. The Balaban J connectivity index is 1.69. The smallest absolute Gasteiger partial charge is 0.255 e. The summed E-state index contributed by atoms with van der Waals surface area (Å²) in [4.78, 5) is 16.2. The van der Waals surface area contributed by atoms with E-state index in [0.29, 0.717) is 23.6 Å². The van der Waals surface area contributed by atoms with E-state index in [-0.39, 0.29) is 5.91 Å². The van der Waals surface area contributed by atoms with Crippen LogP contribution in [0.3, 0.4) is 0 Å². The number of nitrogens with one attached hydrogen (secondary N) is 1. The lowest BCUT2D eigenvalue weighted by Gasteiger charge is -2.08. The Morgan fingerprint density at radius 3 is 2.71 bits per heavy atom. The lowest BCUT2D eigenvalue weighted by atomic mass is 10.2. The second-order valence-electron chi connectivity index (χ2n) is 5.31. The molecule has 0 aliphatic rings. The van der Waals surface area contributed by atoms with Crippen LogP contribution >= 0.6 is 0 Å². The van der Waals surface area contributed by atoms with Gasteiger partial charge in [-0.05, 0) is 44.2 Å². The molecular weight excluding hydrogens is 306 g/mol. The normalized spacial score (nSPS) is 10.4. The summed E-state index contributed by atoms with van der Waals surface area (Å²) in [6, 6.07) is 10.5. The molecule has 2 heterocycles. The number of hydrogen-bond acceptors (Lipinski definition) is 5. The van der Waals surface area contributed by atoms with Crippen molar-refractivity contribution in [3.05, 3.63) is 71.4 Å². The molecule has 1 aromatic carbocycles. The summed E-state index contributed by atoms with van der Waals surface area (Å²) in [6.07, 6.45) is 3.25. The van der Waals surface area contributed by atoms with Crippen LogP contribution in [0.1, 0.15) is 27.4 Å². The van der Waals surface area contributed by atoms with E-state index in [0.717, 1.165) is 17.0 Å². The van der Waals surface area contributed by atoms with Gasteiger partial charge in [-0.25, -0.2) is 0 Å². The average Bonchev–Trinajstić information content (AvgIpc) is 2.92. The van der Waals surface area contributed by atoms with Gasteiger partial charge in [-0.15, -0.1) is 0 Å². The van der Waals surface area contributed by atoms with Crippen molar-refractivity contribution in [3.63, 3.8) is 0 Å². The first-order chi connectivity index (χ1) is 11.6. The van der Waals surface area contributed by atoms with Crippen LogP contribution in [0.2, 0.25) is 0 Å². The molecule has 0 radical (unpaired) electrons. The summed E-state index contributed by atoms with van der Waals surface area (Å²) in [5.74, 6) is 1.14. The molecule has 0 bridgehead atoms. The lowest BCUT2D eigenvalue weighted by Crippen LogP contribution is -2.12. The third-order valence-electron chi connectivity index (χ3n) is 3.60. The van der Waals surface area contributed by atoms with E-state index >= 15 is 0 Å². The maximum atomic E-state index is 12.3. The molecule has 0 atom stereocenters. The van der Waals surface area contributed by atoms with Crippen LogP contribution in [0.5, 0.6) is 5.75 Å². The minimum Gasteiger partial charge on any atom is -0.489 e. The fourth-order valence-electron chi connectivity index (χ4n) is 2.23. The SMILES string of the molecule is Cc1noc(C)c1COc1cccc(C(=O)Nc2ccncc2)c1. The van der Waals surface area contributed by atoms with Crippen molar-refractivity contribution < 1.29 is 14.1 Å². The highest BCUT2D eigenvalue weighted by atomic mass is 16.5. The average molecular weight is 323 g/mol. The molecule has 6 heteroatoms. The number of amides is 1. The van der Waals surface area contributed by atoms with Gasteiger partial charge in [0.15, 0.2) is 0 Å². The van der Waals surface area contributed by atoms with Gasteiger partial charge >= 0.3 is 0 Å². The minimum atomic E-state index is -0.205. The Kier molecular flexibility index (Phi) is 4.56. The highest BCUT2D eigenvalue weighted by Crippen LogP contribution is 2.19. The summed E-state index contributed by atoms with van der Waals surface area (Å²) in [5.41, 5.74) is 2.93. The molecule has 24 heavy (non-hydrogen) atoms. The standard InChI is InChI=1S/C18H17N3O3/c1-12-17(13(2)24-21-12)11-23-16-5-3-4-14(10-16)18(22)20-15-6-8-19-9-7-15/h3-10H,11H2,1-2H3,(H,19,20,22). The maximum Gasteiger partial charge on any atom is 0.255 e. The first-order valence-electron chi connectivity index (χ1n) is 7.49. The number of rotatable bonds is 5. The molecule has 0 spiro atoms. The molecule has 1 amide bonds. The Labute approximate surface area is 139 Å². The Hall–Kier alpha value is -3.15. The van der Waals surface area contributed by atoms with Gasteiger partial charge in [-0.1, -0.05) is 11.2 Å². The second kappa shape index (κ2) is 6.95. The maximum absolute atomic E-state index is 12.3. The number of carbonyl (C=O) groups excluding carboxylic acids is 1. The van der Waals surface area contributed by atoms with Crippen molar-refractivity contribution in [2.45, 2.75) is 20.5 Å². The Morgan fingerprint density at radius 1 is 1.21 bits per heavy atom. The molecule has 1 N–H and O–H groups in total. The van der Waals surface area contributed by atoms with Gasteiger partial charge in [0.25, 0.3) is 5.91 Å². The predicted molar refractivity (Wildman–Crippen MR) is 88.9 cm³/mol. The lowest BCUT2D eigenvalue weighted by molar-refractivity contribution is 0.102. The van der Waals surface area contributed by atoms with E-state index in [2.05, 4.69) is 15.5 Å². The van der Waals surface area contributed by atoms with Crippen LogP contribution in [0, 0.1) is 13.8 Å². The van der Waals surface area contributed by atoms with Crippen molar-refractivity contribution in [2.75, 3.05) is 5.32 Å². The molecule has 3 rings (SSSR count). The van der Waals surface area contributed by atoms with Gasteiger partial charge in [0.1, 0.15) is 18.1 Å².